The summed E-state index contributed by atoms with van der Waals surface area (Å²) in [6, 6.07) is 1.48. The van der Waals surface area contributed by atoms with Gasteiger partial charge in [-0.1, -0.05) is 13.0 Å². The summed E-state index contributed by atoms with van der Waals surface area (Å²) in [6.45, 7) is 2.85. The Balaban J connectivity index is 3.65. The van der Waals surface area contributed by atoms with Crippen molar-refractivity contribution in [3.05, 3.63) is 28.8 Å². The van der Waals surface area contributed by atoms with Crippen LogP contribution < -0.4 is 5.73 Å². The van der Waals surface area contributed by atoms with Gasteiger partial charge in [-0.15, -0.1) is 0 Å². The zero-order valence-electron chi connectivity index (χ0n) is 11.2. The molecule has 0 saturated heterocycles. The molecule has 0 amide bonds. The number of halogens is 6. The second-order valence-electron chi connectivity index (χ2n) is 4.76. The predicted molar refractivity (Wildman–Crippen MR) is 64.4 cm³/mol. The molecule has 114 valence electrons. The summed E-state index contributed by atoms with van der Waals surface area (Å²) in [5.74, 6) is -4.61. The lowest BCUT2D eigenvalue weighted by Gasteiger charge is -2.34. The summed E-state index contributed by atoms with van der Waals surface area (Å²) >= 11 is 0. The number of nitrogens with two attached hydrogens (primary N) is 1. The number of alkyl halides is 6. The minimum absolute atomic E-state index is 0.0855. The van der Waals surface area contributed by atoms with Crippen LogP contribution in [-0.4, -0.2) is 12.1 Å². The quantitative estimate of drug-likeness (QED) is 0.644. The largest absolute Gasteiger partial charge is 0.432 e. The minimum atomic E-state index is -5.74. The third-order valence-corrected chi connectivity index (χ3v) is 3.25. The molecular weight excluding hydrogens is 284 g/mol. The van der Waals surface area contributed by atoms with Crippen molar-refractivity contribution in [3.63, 3.8) is 0 Å². The van der Waals surface area contributed by atoms with Crippen molar-refractivity contribution in [2.75, 3.05) is 5.73 Å². The van der Waals surface area contributed by atoms with Gasteiger partial charge in [-0.25, -0.2) is 13.2 Å². The first kappa shape index (κ1) is 16.7. The fourth-order valence-corrected chi connectivity index (χ4v) is 2.03. The van der Waals surface area contributed by atoms with Crippen molar-refractivity contribution < 1.29 is 26.3 Å². The lowest BCUT2D eigenvalue weighted by molar-refractivity contribution is -0.304. The zero-order valence-corrected chi connectivity index (χ0v) is 11.2. The molecule has 0 aliphatic heterocycles. The van der Waals surface area contributed by atoms with Crippen molar-refractivity contribution in [3.8, 4) is 0 Å². The van der Waals surface area contributed by atoms with Crippen molar-refractivity contribution in [1.29, 1.82) is 0 Å². The molecule has 0 bridgehead atoms. The highest BCUT2D eigenvalue weighted by Gasteiger charge is 2.70. The molecule has 1 nitrogen and oxygen atoms in total. The highest BCUT2D eigenvalue weighted by Crippen LogP contribution is 2.52. The third kappa shape index (κ3) is 2.45. The Morgan fingerprint density at radius 2 is 1.55 bits per heavy atom. The number of benzene rings is 1. The Bertz CT molecular complexity index is 487. The molecule has 7 heteroatoms. The zero-order chi connectivity index (χ0) is 15.9. The average molecular weight is 299 g/mol. The van der Waals surface area contributed by atoms with Crippen LogP contribution in [0.1, 0.15) is 30.5 Å². The van der Waals surface area contributed by atoms with Gasteiger partial charge < -0.3 is 5.73 Å². The van der Waals surface area contributed by atoms with Crippen molar-refractivity contribution in [2.24, 2.45) is 0 Å². The van der Waals surface area contributed by atoms with E-state index in [-0.39, 0.29) is 30.2 Å². The smallest absolute Gasteiger partial charge is 0.398 e. The van der Waals surface area contributed by atoms with E-state index in [9.17, 15) is 26.3 Å². The molecule has 20 heavy (non-hydrogen) atoms. The molecule has 0 saturated carbocycles. The second kappa shape index (κ2) is 4.86. The van der Waals surface area contributed by atoms with Gasteiger partial charge in [0.05, 0.1) is 0 Å². The van der Waals surface area contributed by atoms with Crippen LogP contribution >= 0.6 is 0 Å². The fourth-order valence-electron chi connectivity index (χ4n) is 2.03. The highest BCUT2D eigenvalue weighted by atomic mass is 19.4. The molecule has 0 radical (unpaired) electrons. The highest BCUT2D eigenvalue weighted by molar-refractivity contribution is 5.56. The van der Waals surface area contributed by atoms with Crippen LogP contribution in [0.15, 0.2) is 12.1 Å². The summed E-state index contributed by atoms with van der Waals surface area (Å²) in [7, 11) is 0. The number of nitrogen functional groups attached to an aromatic ring is 1. The molecule has 1 unspecified atom stereocenters. The molecule has 0 spiro atoms. The van der Waals surface area contributed by atoms with Gasteiger partial charge in [-0.05, 0) is 30.5 Å². The van der Waals surface area contributed by atoms with E-state index in [1.807, 2.05) is 0 Å². The monoisotopic (exact) mass is 299 g/mol. The molecule has 0 heterocycles. The lowest BCUT2D eigenvalue weighted by atomic mass is 9.86. The summed E-state index contributed by atoms with van der Waals surface area (Å²) in [4.78, 5) is 0. The van der Waals surface area contributed by atoms with Crippen molar-refractivity contribution in [2.45, 2.75) is 45.0 Å². The van der Waals surface area contributed by atoms with E-state index in [2.05, 4.69) is 0 Å². The Labute approximate surface area is 112 Å². The maximum atomic E-state index is 14.3. The third-order valence-electron chi connectivity index (χ3n) is 3.25. The number of hydrogen-bond donors (Lipinski definition) is 1. The van der Waals surface area contributed by atoms with Gasteiger partial charge in [-0.3, -0.25) is 0 Å². The van der Waals surface area contributed by atoms with Crippen LogP contribution in [-0.2, 0) is 12.1 Å². The minimum Gasteiger partial charge on any atom is -0.398 e. The van der Waals surface area contributed by atoms with Crippen molar-refractivity contribution >= 4 is 5.69 Å². The molecular formula is C13H15F6N. The van der Waals surface area contributed by atoms with Gasteiger partial charge in [0.15, 0.2) is 0 Å². The standard InChI is InChI=1S/C13H15F6N/c1-4-8-6-9(5-7(2)10(8)20)12(16,11(3,14)15)13(17,18)19/h5-6H,4,20H2,1-3H3. The first-order valence-electron chi connectivity index (χ1n) is 5.89. The van der Waals surface area contributed by atoms with E-state index in [4.69, 9.17) is 5.73 Å². The Kier molecular flexibility index (Phi) is 4.04. The predicted octanol–water partition coefficient (Wildman–Crippen LogP) is 4.52. The van der Waals surface area contributed by atoms with Crippen LogP contribution in [0.2, 0.25) is 0 Å². The summed E-state index contributed by atoms with van der Waals surface area (Å²) in [5.41, 5.74) is 0.280. The SMILES string of the molecule is CCc1cc(C(F)(C(C)(F)F)C(F)(F)F)cc(C)c1N. The summed E-state index contributed by atoms with van der Waals surface area (Å²) < 4.78 is 79.4. The molecule has 1 rings (SSSR count). The molecule has 1 aromatic rings. The van der Waals surface area contributed by atoms with Gasteiger partial charge in [-0.2, -0.15) is 13.2 Å². The molecule has 1 aromatic carbocycles. The maximum Gasteiger partial charge on any atom is 0.432 e. The first-order valence-corrected chi connectivity index (χ1v) is 5.89. The van der Waals surface area contributed by atoms with Gasteiger partial charge in [0.2, 0.25) is 0 Å². The van der Waals surface area contributed by atoms with E-state index in [0.29, 0.717) is 0 Å². The number of rotatable bonds is 3. The number of hydrogen-bond acceptors (Lipinski definition) is 1. The van der Waals surface area contributed by atoms with E-state index < -0.39 is 23.3 Å². The second-order valence-corrected chi connectivity index (χ2v) is 4.76. The summed E-state index contributed by atoms with van der Waals surface area (Å²) in [6.07, 6.45) is -5.53. The molecule has 1 atom stereocenters. The lowest BCUT2D eigenvalue weighted by Crippen LogP contribution is -2.51. The Hall–Kier alpha value is -1.40. The Morgan fingerprint density at radius 3 is 1.90 bits per heavy atom. The van der Waals surface area contributed by atoms with Gasteiger partial charge in [0.1, 0.15) is 0 Å². The fraction of sp³-hybridized carbons (Fsp3) is 0.538. The van der Waals surface area contributed by atoms with E-state index in [1.54, 1.807) is 6.92 Å². The van der Waals surface area contributed by atoms with E-state index in [1.165, 1.54) is 6.92 Å². The first-order chi connectivity index (χ1) is 8.86. The van der Waals surface area contributed by atoms with Gasteiger partial charge in [0.25, 0.3) is 11.6 Å². The number of anilines is 1. The number of aryl methyl sites for hydroxylation is 2. The van der Waals surface area contributed by atoms with E-state index in [0.717, 1.165) is 12.1 Å². The summed E-state index contributed by atoms with van der Waals surface area (Å²) in [5, 5.41) is 0. The van der Waals surface area contributed by atoms with Gasteiger partial charge in [0, 0.05) is 18.2 Å². The molecule has 2 N–H and O–H groups in total. The van der Waals surface area contributed by atoms with Crippen molar-refractivity contribution in [1.82, 2.24) is 0 Å². The van der Waals surface area contributed by atoms with Gasteiger partial charge >= 0.3 is 6.18 Å². The maximum absolute atomic E-state index is 14.3. The van der Waals surface area contributed by atoms with Crippen LogP contribution in [0.3, 0.4) is 0 Å². The molecule has 0 aliphatic rings. The van der Waals surface area contributed by atoms with Crippen LogP contribution in [0.4, 0.5) is 32.0 Å². The molecule has 0 aromatic heterocycles. The van der Waals surface area contributed by atoms with Crippen LogP contribution in [0, 0.1) is 6.92 Å². The normalized spacial score (nSPS) is 16.1. The van der Waals surface area contributed by atoms with E-state index >= 15 is 0 Å². The topological polar surface area (TPSA) is 26.0 Å². The Morgan fingerprint density at radius 1 is 1.05 bits per heavy atom. The van der Waals surface area contributed by atoms with Crippen LogP contribution in [0.5, 0.6) is 0 Å². The van der Waals surface area contributed by atoms with Crippen LogP contribution in [0.25, 0.3) is 0 Å². The molecule has 0 fully saturated rings. The average Bonchev–Trinajstić information content (AvgIpc) is 2.28. The molecule has 0 aliphatic carbocycles.